The van der Waals surface area contributed by atoms with Crippen LogP contribution in [-0.4, -0.2) is 30.0 Å². The molecule has 3 nitrogen and oxygen atoms in total. The fraction of sp³-hybridized carbons (Fsp3) is 0.429. The monoisotopic (exact) mass is 236 g/mol. The van der Waals surface area contributed by atoms with Gasteiger partial charge in [0.15, 0.2) is 0 Å². The van der Waals surface area contributed by atoms with Crippen LogP contribution in [0, 0.1) is 0 Å². The first kappa shape index (κ1) is 13.7. The third kappa shape index (κ3) is 5.52. The molecule has 3 heteroatoms. The maximum Gasteiger partial charge on any atom is 0.119 e. The molecule has 0 saturated heterocycles. The second-order valence-electron chi connectivity index (χ2n) is 3.99. The van der Waals surface area contributed by atoms with Crippen LogP contribution in [0.25, 0.3) is 0 Å². The van der Waals surface area contributed by atoms with Crippen molar-refractivity contribution < 1.29 is 14.9 Å². The molecule has 0 spiro atoms. The van der Waals surface area contributed by atoms with Gasteiger partial charge < -0.3 is 14.9 Å². The predicted octanol–water partition coefficient (Wildman–Crippen LogP) is 1.93. The summed E-state index contributed by atoms with van der Waals surface area (Å²) in [4.78, 5) is 0. The van der Waals surface area contributed by atoms with Crippen molar-refractivity contribution in [1.29, 1.82) is 0 Å². The van der Waals surface area contributed by atoms with Crippen molar-refractivity contribution in [3.63, 3.8) is 0 Å². The van der Waals surface area contributed by atoms with Crippen molar-refractivity contribution in [1.82, 2.24) is 0 Å². The minimum atomic E-state index is 0.0729. The number of aliphatic hydroxyl groups excluding tert-OH is 2. The number of rotatable bonds is 7. The normalized spacial score (nSPS) is 11.6. The Morgan fingerprint density at radius 2 is 1.94 bits per heavy atom. The van der Waals surface area contributed by atoms with E-state index in [0.29, 0.717) is 6.61 Å². The molecule has 0 aliphatic rings. The molecule has 1 aromatic rings. The second-order valence-corrected chi connectivity index (χ2v) is 3.99. The molecule has 0 fully saturated rings. The van der Waals surface area contributed by atoms with Gasteiger partial charge in [-0.3, -0.25) is 0 Å². The van der Waals surface area contributed by atoms with Gasteiger partial charge in [0.25, 0.3) is 0 Å². The Bertz CT molecular complexity index is 341. The molecule has 0 radical (unpaired) electrons. The summed E-state index contributed by atoms with van der Waals surface area (Å²) in [6.07, 6.45) is 3.54. The quantitative estimate of drug-likeness (QED) is 0.711. The van der Waals surface area contributed by atoms with E-state index in [1.165, 1.54) is 5.56 Å². The minimum absolute atomic E-state index is 0.0729. The van der Waals surface area contributed by atoms with E-state index in [2.05, 4.69) is 0 Å². The standard InChI is InChI=1S/C14H20O3/c1-12(11-16)8-10-17-14-6-4-13(5-7-14)3-2-9-15/h4-8,15-16H,2-3,9-11H2,1H3. The maximum absolute atomic E-state index is 8.81. The van der Waals surface area contributed by atoms with E-state index >= 15 is 0 Å². The molecular formula is C14H20O3. The molecule has 1 rings (SSSR count). The summed E-state index contributed by atoms with van der Waals surface area (Å²) in [6, 6.07) is 7.87. The number of ether oxygens (including phenoxy) is 1. The average Bonchev–Trinajstić information content (AvgIpc) is 2.37. The van der Waals surface area contributed by atoms with E-state index in [-0.39, 0.29) is 13.2 Å². The maximum atomic E-state index is 8.81. The van der Waals surface area contributed by atoms with Gasteiger partial charge in [-0.2, -0.15) is 0 Å². The molecule has 2 N–H and O–H groups in total. The molecule has 0 aromatic heterocycles. The summed E-state index contributed by atoms with van der Waals surface area (Å²) in [5.74, 6) is 0.819. The van der Waals surface area contributed by atoms with Crippen LogP contribution < -0.4 is 4.74 Å². The lowest BCUT2D eigenvalue weighted by Gasteiger charge is -2.05. The SMILES string of the molecule is CC(=CCOc1ccc(CCCO)cc1)CO. The van der Waals surface area contributed by atoms with Gasteiger partial charge in [0.1, 0.15) is 12.4 Å². The highest BCUT2D eigenvalue weighted by molar-refractivity contribution is 5.27. The van der Waals surface area contributed by atoms with Gasteiger partial charge in [0.2, 0.25) is 0 Å². The summed E-state index contributed by atoms with van der Waals surface area (Å²) in [5.41, 5.74) is 2.11. The Labute approximate surface area is 102 Å². The van der Waals surface area contributed by atoms with Crippen molar-refractivity contribution >= 4 is 0 Å². The Morgan fingerprint density at radius 1 is 1.24 bits per heavy atom. The van der Waals surface area contributed by atoms with E-state index in [9.17, 15) is 0 Å². The third-order valence-electron chi connectivity index (χ3n) is 2.48. The Hall–Kier alpha value is -1.32. The third-order valence-corrected chi connectivity index (χ3v) is 2.48. The number of hydrogen-bond acceptors (Lipinski definition) is 3. The molecular weight excluding hydrogens is 216 g/mol. The molecule has 94 valence electrons. The average molecular weight is 236 g/mol. The molecule has 0 saturated carbocycles. The highest BCUT2D eigenvalue weighted by Gasteiger charge is 1.95. The molecule has 0 amide bonds. The fourth-order valence-corrected chi connectivity index (χ4v) is 1.38. The zero-order valence-electron chi connectivity index (χ0n) is 10.2. The lowest BCUT2D eigenvalue weighted by atomic mass is 10.1. The summed E-state index contributed by atoms with van der Waals surface area (Å²) in [6.45, 7) is 2.64. The number of hydrogen-bond donors (Lipinski definition) is 2. The largest absolute Gasteiger partial charge is 0.490 e. The van der Waals surface area contributed by atoms with Crippen LogP contribution >= 0.6 is 0 Å². The fourth-order valence-electron chi connectivity index (χ4n) is 1.38. The molecule has 17 heavy (non-hydrogen) atoms. The number of benzene rings is 1. The van der Waals surface area contributed by atoms with Crippen molar-refractivity contribution in [2.75, 3.05) is 19.8 Å². The van der Waals surface area contributed by atoms with Gasteiger partial charge in [-0.1, -0.05) is 12.1 Å². The summed E-state index contributed by atoms with van der Waals surface area (Å²) in [5, 5.41) is 17.5. The smallest absolute Gasteiger partial charge is 0.119 e. The molecule has 0 atom stereocenters. The van der Waals surface area contributed by atoms with Crippen LogP contribution in [-0.2, 0) is 6.42 Å². The van der Waals surface area contributed by atoms with Crippen molar-refractivity contribution in [3.05, 3.63) is 41.5 Å². The molecule has 0 aliphatic carbocycles. The molecule has 0 unspecified atom stereocenters. The molecule has 0 heterocycles. The molecule has 1 aromatic carbocycles. The Balaban J connectivity index is 2.40. The van der Waals surface area contributed by atoms with Crippen LogP contribution in [0.15, 0.2) is 35.9 Å². The van der Waals surface area contributed by atoms with Crippen LogP contribution in [0.1, 0.15) is 18.9 Å². The number of aliphatic hydroxyl groups is 2. The molecule has 0 aliphatic heterocycles. The Morgan fingerprint density at radius 3 is 2.53 bits per heavy atom. The first-order valence-corrected chi connectivity index (χ1v) is 5.85. The Kier molecular flexibility index (Phi) is 6.37. The lowest BCUT2D eigenvalue weighted by Crippen LogP contribution is -1.96. The zero-order chi connectivity index (χ0) is 12.5. The van der Waals surface area contributed by atoms with Crippen molar-refractivity contribution in [3.8, 4) is 5.75 Å². The van der Waals surface area contributed by atoms with Crippen LogP contribution in [0.2, 0.25) is 0 Å². The first-order valence-electron chi connectivity index (χ1n) is 5.85. The second kappa shape index (κ2) is 7.87. The minimum Gasteiger partial charge on any atom is -0.490 e. The zero-order valence-corrected chi connectivity index (χ0v) is 10.2. The lowest BCUT2D eigenvalue weighted by molar-refractivity contribution is 0.288. The van der Waals surface area contributed by atoms with Crippen LogP contribution in [0.5, 0.6) is 5.75 Å². The van der Waals surface area contributed by atoms with E-state index in [0.717, 1.165) is 24.2 Å². The van der Waals surface area contributed by atoms with Gasteiger partial charge in [0, 0.05) is 6.61 Å². The van der Waals surface area contributed by atoms with Gasteiger partial charge >= 0.3 is 0 Å². The van der Waals surface area contributed by atoms with Crippen molar-refractivity contribution in [2.45, 2.75) is 19.8 Å². The molecule has 0 bridgehead atoms. The van der Waals surface area contributed by atoms with Gasteiger partial charge in [0.05, 0.1) is 6.61 Å². The van der Waals surface area contributed by atoms with Crippen LogP contribution in [0.4, 0.5) is 0 Å². The highest BCUT2D eigenvalue weighted by Crippen LogP contribution is 2.13. The predicted molar refractivity (Wildman–Crippen MR) is 68.2 cm³/mol. The van der Waals surface area contributed by atoms with Gasteiger partial charge in [-0.25, -0.2) is 0 Å². The van der Waals surface area contributed by atoms with Crippen molar-refractivity contribution in [2.24, 2.45) is 0 Å². The van der Waals surface area contributed by atoms with E-state index in [1.807, 2.05) is 37.3 Å². The van der Waals surface area contributed by atoms with Gasteiger partial charge in [-0.05, 0) is 49.1 Å². The van der Waals surface area contributed by atoms with E-state index in [1.54, 1.807) is 0 Å². The van der Waals surface area contributed by atoms with Crippen LogP contribution in [0.3, 0.4) is 0 Å². The van der Waals surface area contributed by atoms with E-state index < -0.39 is 0 Å². The first-order chi connectivity index (χ1) is 8.26. The summed E-state index contributed by atoms with van der Waals surface area (Å²) in [7, 11) is 0. The topological polar surface area (TPSA) is 49.7 Å². The summed E-state index contributed by atoms with van der Waals surface area (Å²) >= 11 is 0. The highest BCUT2D eigenvalue weighted by atomic mass is 16.5. The number of aryl methyl sites for hydroxylation is 1. The van der Waals surface area contributed by atoms with E-state index in [4.69, 9.17) is 14.9 Å². The van der Waals surface area contributed by atoms with Gasteiger partial charge in [-0.15, -0.1) is 0 Å². The summed E-state index contributed by atoms with van der Waals surface area (Å²) < 4.78 is 5.50.